The molecule has 2 aromatic carbocycles. The normalized spacial score (nSPS) is 18.6. The number of halogens is 2. The smallest absolute Gasteiger partial charge is 0.247 e. The van der Waals surface area contributed by atoms with Gasteiger partial charge in [-0.1, -0.05) is 18.2 Å². The molecule has 0 unspecified atom stereocenters. The fourth-order valence-corrected chi connectivity index (χ4v) is 5.27. The minimum absolute atomic E-state index is 0.0540. The highest BCUT2D eigenvalue weighted by Gasteiger charge is 2.50. The first kappa shape index (κ1) is 21.2. The number of benzene rings is 2. The quantitative estimate of drug-likeness (QED) is 0.466. The number of carbonyl (C=O) groups excluding carboxylic acids is 2. The van der Waals surface area contributed by atoms with Crippen molar-refractivity contribution in [1.82, 2.24) is 10.2 Å². The van der Waals surface area contributed by atoms with Crippen molar-refractivity contribution in [2.24, 2.45) is 0 Å². The zero-order valence-corrected chi connectivity index (χ0v) is 18.9. The number of ketones is 1. The van der Waals surface area contributed by atoms with E-state index < -0.39 is 5.54 Å². The molecule has 30 heavy (non-hydrogen) atoms. The molecule has 0 radical (unpaired) electrons. The third-order valence-electron chi connectivity index (χ3n) is 6.20. The fraction of sp³-hybridized carbons (Fsp3) is 0.391. The monoisotopic (exact) mass is 519 g/mol. The van der Waals surface area contributed by atoms with Crippen LogP contribution in [-0.4, -0.2) is 48.4 Å². The first-order chi connectivity index (χ1) is 14.5. The number of piperidine rings is 1. The Bertz CT molecular complexity index is 929. The first-order valence-electron chi connectivity index (χ1n) is 10.3. The van der Waals surface area contributed by atoms with E-state index in [1.54, 1.807) is 6.07 Å². The Morgan fingerprint density at radius 3 is 2.57 bits per heavy atom. The van der Waals surface area contributed by atoms with Gasteiger partial charge in [0.1, 0.15) is 11.4 Å². The van der Waals surface area contributed by atoms with Crippen molar-refractivity contribution in [3.63, 3.8) is 0 Å². The highest BCUT2D eigenvalue weighted by Crippen LogP contribution is 2.36. The molecule has 7 heteroatoms. The Kier molecular flexibility index (Phi) is 6.38. The van der Waals surface area contributed by atoms with Crippen LogP contribution in [-0.2, 0) is 4.79 Å². The van der Waals surface area contributed by atoms with Crippen molar-refractivity contribution in [3.8, 4) is 0 Å². The van der Waals surface area contributed by atoms with Crippen LogP contribution in [0, 0.1) is 9.39 Å². The number of anilines is 1. The summed E-state index contributed by atoms with van der Waals surface area (Å²) in [7, 11) is 0. The molecule has 2 saturated heterocycles. The van der Waals surface area contributed by atoms with Crippen LogP contribution in [0.1, 0.15) is 36.0 Å². The number of hydrogen-bond donors (Lipinski definition) is 1. The largest absolute Gasteiger partial charge is 0.339 e. The number of hydrogen-bond acceptors (Lipinski definition) is 4. The molecule has 5 nitrogen and oxygen atoms in total. The van der Waals surface area contributed by atoms with Crippen molar-refractivity contribution in [2.75, 3.05) is 31.2 Å². The maximum Gasteiger partial charge on any atom is 0.247 e. The molecule has 0 aromatic heterocycles. The second-order valence-electron chi connectivity index (χ2n) is 7.95. The lowest BCUT2D eigenvalue weighted by Crippen LogP contribution is -2.56. The molecule has 158 valence electrons. The lowest BCUT2D eigenvalue weighted by Gasteiger charge is -2.43. The molecule has 4 rings (SSSR count). The molecule has 2 aliphatic rings. The van der Waals surface area contributed by atoms with Crippen molar-refractivity contribution in [3.05, 3.63) is 63.5 Å². The average Bonchev–Trinajstić information content (AvgIpc) is 3.06. The number of carbonyl (C=O) groups is 2. The molecule has 2 aliphatic heterocycles. The topological polar surface area (TPSA) is 52.7 Å². The van der Waals surface area contributed by atoms with E-state index in [-0.39, 0.29) is 17.5 Å². The van der Waals surface area contributed by atoms with Gasteiger partial charge < -0.3 is 15.1 Å². The fourth-order valence-electron chi connectivity index (χ4n) is 4.49. The minimum atomic E-state index is -0.474. The third kappa shape index (κ3) is 4.23. The Hall–Kier alpha value is -2.00. The predicted octanol–water partition coefficient (Wildman–Crippen LogP) is 3.82. The summed E-state index contributed by atoms with van der Waals surface area (Å²) in [4.78, 5) is 29.7. The van der Waals surface area contributed by atoms with E-state index in [2.05, 4.69) is 27.2 Å². The van der Waals surface area contributed by atoms with Crippen LogP contribution in [0.15, 0.2) is 48.5 Å². The van der Waals surface area contributed by atoms with Gasteiger partial charge in [-0.05, 0) is 78.7 Å². The van der Waals surface area contributed by atoms with Crippen molar-refractivity contribution < 1.29 is 14.0 Å². The van der Waals surface area contributed by atoms with Crippen LogP contribution in [0.25, 0.3) is 0 Å². The molecule has 1 amide bonds. The number of rotatable bonds is 6. The van der Waals surface area contributed by atoms with E-state index in [9.17, 15) is 14.0 Å². The summed E-state index contributed by atoms with van der Waals surface area (Å²) in [5, 5.41) is 3.03. The Labute approximate surface area is 189 Å². The molecule has 0 aliphatic carbocycles. The van der Waals surface area contributed by atoms with Gasteiger partial charge >= 0.3 is 0 Å². The zero-order valence-electron chi connectivity index (χ0n) is 16.7. The van der Waals surface area contributed by atoms with E-state index >= 15 is 0 Å². The molecule has 2 aromatic rings. The molecule has 1 spiro atoms. The van der Waals surface area contributed by atoms with E-state index in [0.717, 1.165) is 44.6 Å². The SMILES string of the molecule is O=C(CCCN1CCC2(CC1)C(=O)NCN2c1ccccc1)c1ccc(F)cc1[125I]. The van der Waals surface area contributed by atoms with Crippen LogP contribution >= 0.6 is 22.6 Å². The number of nitrogens with zero attached hydrogens (tertiary/aromatic N) is 2. The van der Waals surface area contributed by atoms with Gasteiger partial charge in [0, 0.05) is 34.3 Å². The molecule has 0 atom stereocenters. The number of para-hydroxylation sites is 1. The van der Waals surface area contributed by atoms with E-state index in [1.807, 2.05) is 40.8 Å². The number of nitrogens with one attached hydrogen (secondary N) is 1. The summed E-state index contributed by atoms with van der Waals surface area (Å²) in [5.74, 6) is -0.149. The van der Waals surface area contributed by atoms with Crippen LogP contribution in [0.4, 0.5) is 10.1 Å². The lowest BCUT2D eigenvalue weighted by molar-refractivity contribution is -0.125. The Morgan fingerprint density at radius 2 is 1.87 bits per heavy atom. The van der Waals surface area contributed by atoms with Crippen LogP contribution in [0.3, 0.4) is 0 Å². The van der Waals surface area contributed by atoms with E-state index in [1.165, 1.54) is 12.1 Å². The summed E-state index contributed by atoms with van der Waals surface area (Å²) in [6, 6.07) is 14.4. The summed E-state index contributed by atoms with van der Waals surface area (Å²) in [5.41, 5.74) is 1.19. The Morgan fingerprint density at radius 1 is 1.13 bits per heavy atom. The highest BCUT2D eigenvalue weighted by molar-refractivity contribution is 14.1. The van der Waals surface area contributed by atoms with Crippen molar-refractivity contribution in [2.45, 2.75) is 31.2 Å². The molecule has 2 fully saturated rings. The van der Waals surface area contributed by atoms with Gasteiger partial charge in [-0.3, -0.25) is 9.59 Å². The van der Waals surface area contributed by atoms with Gasteiger partial charge in [-0.2, -0.15) is 0 Å². The molecular weight excluding hydrogens is 494 g/mol. The average molecular weight is 519 g/mol. The summed E-state index contributed by atoms with van der Waals surface area (Å²) in [6.07, 6.45) is 2.75. The lowest BCUT2D eigenvalue weighted by atomic mass is 9.85. The van der Waals surface area contributed by atoms with Crippen LogP contribution < -0.4 is 10.2 Å². The van der Waals surface area contributed by atoms with Gasteiger partial charge in [0.2, 0.25) is 5.91 Å². The standard InChI is InChI=1S/C23H25FIN3O2/c24-17-8-9-19(20(25)15-17)21(29)7-4-12-27-13-10-23(11-14-27)22(30)26-16-28(23)18-5-2-1-3-6-18/h1-3,5-6,8-9,15H,4,7,10-14,16H2,(H,26,30)/i25-2. The minimum Gasteiger partial charge on any atom is -0.339 e. The number of amides is 1. The van der Waals surface area contributed by atoms with Crippen LogP contribution in [0.5, 0.6) is 0 Å². The molecule has 0 bridgehead atoms. The number of Topliss-reactive ketones (excluding diaryl/α,β-unsaturated/α-hetero) is 1. The zero-order chi connectivity index (χ0) is 21.1. The summed E-state index contributed by atoms with van der Waals surface area (Å²) >= 11 is 2.01. The summed E-state index contributed by atoms with van der Waals surface area (Å²) in [6.45, 7) is 3.04. The summed E-state index contributed by atoms with van der Waals surface area (Å²) < 4.78 is 13.9. The highest BCUT2D eigenvalue weighted by atomic mass is 125. The van der Waals surface area contributed by atoms with E-state index in [0.29, 0.717) is 22.2 Å². The molecule has 0 saturated carbocycles. The maximum atomic E-state index is 13.2. The maximum absolute atomic E-state index is 13.2. The van der Waals surface area contributed by atoms with Gasteiger partial charge in [0.05, 0.1) is 6.67 Å². The van der Waals surface area contributed by atoms with Gasteiger partial charge in [0.25, 0.3) is 0 Å². The van der Waals surface area contributed by atoms with Gasteiger partial charge in [-0.15, -0.1) is 0 Å². The molecule has 1 N–H and O–H groups in total. The van der Waals surface area contributed by atoms with Gasteiger partial charge in [-0.25, -0.2) is 4.39 Å². The van der Waals surface area contributed by atoms with Crippen molar-refractivity contribution in [1.29, 1.82) is 0 Å². The van der Waals surface area contributed by atoms with E-state index in [4.69, 9.17) is 0 Å². The number of likely N-dealkylation sites (tertiary alicyclic amines) is 1. The first-order valence-corrected chi connectivity index (χ1v) is 11.4. The van der Waals surface area contributed by atoms with Crippen molar-refractivity contribution >= 4 is 40.0 Å². The van der Waals surface area contributed by atoms with Crippen LogP contribution in [0.2, 0.25) is 0 Å². The predicted molar refractivity (Wildman–Crippen MR) is 123 cm³/mol. The molecule has 2 heterocycles. The molecular formula is C23H25FIN3O2. The second kappa shape index (κ2) is 9.01. The Balaban J connectivity index is 1.31. The third-order valence-corrected chi connectivity index (χ3v) is 7.09. The second-order valence-corrected chi connectivity index (χ2v) is 9.11. The van der Waals surface area contributed by atoms with Gasteiger partial charge in [0.15, 0.2) is 5.78 Å².